The van der Waals surface area contributed by atoms with Crippen LogP contribution in [0.2, 0.25) is 0 Å². The highest BCUT2D eigenvalue weighted by atomic mass is 16.5. The zero-order chi connectivity index (χ0) is 14.2. The second-order valence-corrected chi connectivity index (χ2v) is 5.66. The SMILES string of the molecule is Cc1ccc(N2CCC3(CC2)OCC(=O)NC3C)nn1. The van der Waals surface area contributed by atoms with Gasteiger partial charge in [-0.05, 0) is 38.8 Å². The van der Waals surface area contributed by atoms with E-state index in [0.717, 1.165) is 37.4 Å². The fourth-order valence-electron chi connectivity index (χ4n) is 3.00. The standard InChI is InChI=1S/C14H20N4O2/c1-10-3-4-12(17-16-10)18-7-5-14(6-8-18)11(2)15-13(19)9-20-14/h3-4,11H,5-9H2,1-2H3,(H,15,19). The van der Waals surface area contributed by atoms with Crippen LogP contribution >= 0.6 is 0 Å². The van der Waals surface area contributed by atoms with Gasteiger partial charge in [0.05, 0.1) is 17.3 Å². The zero-order valence-electron chi connectivity index (χ0n) is 11.9. The molecule has 0 saturated carbocycles. The largest absolute Gasteiger partial charge is 0.363 e. The number of hydrogen-bond acceptors (Lipinski definition) is 5. The summed E-state index contributed by atoms with van der Waals surface area (Å²) in [6.45, 7) is 5.88. The number of amides is 1. The first kappa shape index (κ1) is 13.3. The van der Waals surface area contributed by atoms with Gasteiger partial charge in [-0.15, -0.1) is 5.10 Å². The molecule has 0 aromatic carbocycles. The van der Waals surface area contributed by atoms with Crippen LogP contribution in [0.4, 0.5) is 5.82 Å². The third kappa shape index (κ3) is 2.35. The number of anilines is 1. The summed E-state index contributed by atoms with van der Waals surface area (Å²) in [6.07, 6.45) is 1.79. The lowest BCUT2D eigenvalue weighted by molar-refractivity contribution is -0.154. The van der Waals surface area contributed by atoms with Gasteiger partial charge in [-0.3, -0.25) is 4.79 Å². The highest BCUT2D eigenvalue weighted by Gasteiger charge is 2.44. The van der Waals surface area contributed by atoms with E-state index in [4.69, 9.17) is 4.74 Å². The van der Waals surface area contributed by atoms with Crippen molar-refractivity contribution in [2.24, 2.45) is 0 Å². The molecule has 2 aliphatic rings. The number of carbonyl (C=O) groups is 1. The van der Waals surface area contributed by atoms with Gasteiger partial charge in [0.1, 0.15) is 6.61 Å². The van der Waals surface area contributed by atoms with E-state index in [1.54, 1.807) is 0 Å². The first-order valence-corrected chi connectivity index (χ1v) is 7.08. The summed E-state index contributed by atoms with van der Waals surface area (Å²) in [5, 5.41) is 11.3. The number of aryl methyl sites for hydroxylation is 1. The molecule has 6 nitrogen and oxygen atoms in total. The van der Waals surface area contributed by atoms with Crippen molar-refractivity contribution in [3.8, 4) is 0 Å². The Hall–Kier alpha value is -1.69. The van der Waals surface area contributed by atoms with Crippen LogP contribution in [0.1, 0.15) is 25.5 Å². The second-order valence-electron chi connectivity index (χ2n) is 5.66. The van der Waals surface area contributed by atoms with Gasteiger partial charge in [0.25, 0.3) is 0 Å². The third-order valence-corrected chi connectivity index (χ3v) is 4.37. The number of carbonyl (C=O) groups excluding carboxylic acids is 1. The van der Waals surface area contributed by atoms with Crippen molar-refractivity contribution in [3.05, 3.63) is 17.8 Å². The Balaban J connectivity index is 1.67. The summed E-state index contributed by atoms with van der Waals surface area (Å²) in [4.78, 5) is 13.6. The average Bonchev–Trinajstić information content (AvgIpc) is 2.45. The molecule has 1 aromatic rings. The molecular weight excluding hydrogens is 256 g/mol. The van der Waals surface area contributed by atoms with Crippen LogP contribution in [0.3, 0.4) is 0 Å². The molecule has 3 heterocycles. The van der Waals surface area contributed by atoms with Gasteiger partial charge in [0, 0.05) is 13.1 Å². The first-order valence-electron chi connectivity index (χ1n) is 7.08. The van der Waals surface area contributed by atoms with Gasteiger partial charge in [0.2, 0.25) is 5.91 Å². The summed E-state index contributed by atoms with van der Waals surface area (Å²) < 4.78 is 5.86. The van der Waals surface area contributed by atoms with Crippen LogP contribution in [0.5, 0.6) is 0 Å². The Morgan fingerprint density at radius 3 is 2.70 bits per heavy atom. The number of ether oxygens (including phenoxy) is 1. The summed E-state index contributed by atoms with van der Waals surface area (Å²) >= 11 is 0. The molecule has 3 rings (SSSR count). The monoisotopic (exact) mass is 276 g/mol. The highest BCUT2D eigenvalue weighted by molar-refractivity contribution is 5.78. The fraction of sp³-hybridized carbons (Fsp3) is 0.643. The van der Waals surface area contributed by atoms with Gasteiger partial charge in [-0.1, -0.05) is 0 Å². The van der Waals surface area contributed by atoms with E-state index < -0.39 is 0 Å². The van der Waals surface area contributed by atoms with E-state index in [0.29, 0.717) is 0 Å². The smallest absolute Gasteiger partial charge is 0.246 e. The van der Waals surface area contributed by atoms with Gasteiger partial charge in [-0.25, -0.2) is 0 Å². The number of piperidine rings is 1. The van der Waals surface area contributed by atoms with Gasteiger partial charge < -0.3 is 15.0 Å². The minimum atomic E-state index is -0.220. The van der Waals surface area contributed by atoms with Crippen molar-refractivity contribution < 1.29 is 9.53 Å². The number of hydrogen-bond donors (Lipinski definition) is 1. The third-order valence-electron chi connectivity index (χ3n) is 4.37. The van der Waals surface area contributed by atoms with Crippen molar-refractivity contribution >= 4 is 11.7 Å². The van der Waals surface area contributed by atoms with Crippen LogP contribution in [0, 0.1) is 6.92 Å². The summed E-state index contributed by atoms with van der Waals surface area (Å²) in [5.41, 5.74) is 0.705. The molecule has 1 aromatic heterocycles. The molecule has 0 aliphatic carbocycles. The zero-order valence-corrected chi connectivity index (χ0v) is 11.9. The number of rotatable bonds is 1. The lowest BCUT2D eigenvalue weighted by Gasteiger charge is -2.47. The van der Waals surface area contributed by atoms with E-state index in [1.807, 2.05) is 26.0 Å². The molecule has 20 heavy (non-hydrogen) atoms. The quantitative estimate of drug-likeness (QED) is 0.816. The topological polar surface area (TPSA) is 67.3 Å². The molecule has 2 fully saturated rings. The Morgan fingerprint density at radius 1 is 1.35 bits per heavy atom. The van der Waals surface area contributed by atoms with Gasteiger partial charge in [0.15, 0.2) is 5.82 Å². The maximum absolute atomic E-state index is 11.4. The molecule has 0 radical (unpaired) electrons. The van der Waals surface area contributed by atoms with E-state index in [-0.39, 0.29) is 24.2 Å². The molecule has 2 saturated heterocycles. The van der Waals surface area contributed by atoms with Crippen molar-refractivity contribution in [2.45, 2.75) is 38.3 Å². The molecule has 108 valence electrons. The second kappa shape index (κ2) is 5.01. The van der Waals surface area contributed by atoms with Crippen LogP contribution in [-0.4, -0.2) is 47.4 Å². The Labute approximate surface area is 118 Å². The number of aromatic nitrogens is 2. The van der Waals surface area contributed by atoms with E-state index in [1.165, 1.54) is 0 Å². The molecule has 6 heteroatoms. The summed E-state index contributed by atoms with van der Waals surface area (Å²) in [6, 6.07) is 4.05. The molecule has 2 aliphatic heterocycles. The number of nitrogens with zero attached hydrogens (tertiary/aromatic N) is 3. The van der Waals surface area contributed by atoms with Crippen molar-refractivity contribution in [3.63, 3.8) is 0 Å². The Morgan fingerprint density at radius 2 is 2.10 bits per heavy atom. The maximum atomic E-state index is 11.4. The van der Waals surface area contributed by atoms with Crippen molar-refractivity contribution in [2.75, 3.05) is 24.6 Å². The maximum Gasteiger partial charge on any atom is 0.246 e. The van der Waals surface area contributed by atoms with E-state index >= 15 is 0 Å². The predicted octanol–water partition coefficient (Wildman–Crippen LogP) is 0.659. The predicted molar refractivity (Wildman–Crippen MR) is 74.5 cm³/mol. The molecule has 1 amide bonds. The molecule has 1 unspecified atom stereocenters. The van der Waals surface area contributed by atoms with Crippen molar-refractivity contribution in [1.29, 1.82) is 0 Å². The van der Waals surface area contributed by atoms with Crippen LogP contribution < -0.4 is 10.2 Å². The first-order chi connectivity index (χ1) is 9.59. The molecular formula is C14H20N4O2. The molecule has 1 N–H and O–H groups in total. The summed E-state index contributed by atoms with van der Waals surface area (Å²) in [5.74, 6) is 0.896. The highest BCUT2D eigenvalue weighted by Crippen LogP contribution is 2.33. The van der Waals surface area contributed by atoms with Gasteiger partial charge in [-0.2, -0.15) is 5.10 Å². The Bertz CT molecular complexity index is 494. The normalized spacial score (nSPS) is 25.6. The van der Waals surface area contributed by atoms with E-state index in [2.05, 4.69) is 20.4 Å². The molecule has 1 spiro atoms. The number of morpholine rings is 1. The average molecular weight is 276 g/mol. The lowest BCUT2D eigenvalue weighted by atomic mass is 9.83. The van der Waals surface area contributed by atoms with Gasteiger partial charge >= 0.3 is 0 Å². The Kier molecular flexibility index (Phi) is 3.33. The minimum absolute atomic E-state index is 0.0186. The number of nitrogens with one attached hydrogen (secondary N) is 1. The lowest BCUT2D eigenvalue weighted by Crippen LogP contribution is -2.62. The fourth-order valence-corrected chi connectivity index (χ4v) is 3.00. The molecule has 1 atom stereocenters. The van der Waals surface area contributed by atoms with Crippen molar-refractivity contribution in [1.82, 2.24) is 15.5 Å². The van der Waals surface area contributed by atoms with E-state index in [9.17, 15) is 4.79 Å². The molecule has 0 bridgehead atoms. The van der Waals surface area contributed by atoms with Crippen LogP contribution in [0.15, 0.2) is 12.1 Å². The minimum Gasteiger partial charge on any atom is -0.363 e. The summed E-state index contributed by atoms with van der Waals surface area (Å²) in [7, 11) is 0. The van der Waals surface area contributed by atoms with Crippen LogP contribution in [-0.2, 0) is 9.53 Å². The van der Waals surface area contributed by atoms with Crippen LogP contribution in [0.25, 0.3) is 0 Å².